The van der Waals surface area contributed by atoms with E-state index in [1.54, 1.807) is 29.4 Å². The molecule has 0 saturated heterocycles. The highest BCUT2D eigenvalue weighted by Gasteiger charge is 2.18. The summed E-state index contributed by atoms with van der Waals surface area (Å²) in [5.74, 6) is -0.407. The Hall–Kier alpha value is -1.89. The van der Waals surface area contributed by atoms with Crippen molar-refractivity contribution in [2.45, 2.75) is 0 Å². The van der Waals surface area contributed by atoms with Crippen LogP contribution < -0.4 is 5.32 Å². The Balaban J connectivity index is 1.92. The van der Waals surface area contributed by atoms with Crippen molar-refractivity contribution in [3.63, 3.8) is 0 Å². The second-order valence-electron chi connectivity index (χ2n) is 4.06. The lowest BCUT2D eigenvalue weighted by Crippen LogP contribution is -2.14. The van der Waals surface area contributed by atoms with Crippen molar-refractivity contribution in [1.82, 2.24) is 13.9 Å². The Bertz CT molecular complexity index is 785. The Kier molecular flexibility index (Phi) is 3.92. The predicted octanol–water partition coefficient (Wildman–Crippen LogP) is 3.89. The van der Waals surface area contributed by atoms with Gasteiger partial charge in [0.2, 0.25) is 0 Å². The highest BCUT2D eigenvalue weighted by Crippen LogP contribution is 2.30. The van der Waals surface area contributed by atoms with Gasteiger partial charge in [-0.2, -0.15) is 4.37 Å². The van der Waals surface area contributed by atoms with Crippen molar-refractivity contribution in [3.05, 3.63) is 58.0 Å². The first kappa shape index (κ1) is 14.1. The number of carbonyl (C=O) groups is 1. The van der Waals surface area contributed by atoms with Crippen LogP contribution in [0, 0.1) is 0 Å². The minimum atomic E-state index is -0.407. The third kappa shape index (κ3) is 2.78. The molecule has 8 heteroatoms. The van der Waals surface area contributed by atoms with Gasteiger partial charge in [-0.3, -0.25) is 4.79 Å². The van der Waals surface area contributed by atoms with E-state index in [4.69, 9.17) is 23.2 Å². The second kappa shape index (κ2) is 5.85. The third-order valence-electron chi connectivity index (χ3n) is 2.75. The molecular weight excluding hydrogens is 331 g/mol. The van der Waals surface area contributed by atoms with Crippen molar-refractivity contribution in [2.75, 3.05) is 5.32 Å². The molecule has 106 valence electrons. The van der Waals surface area contributed by atoms with Crippen LogP contribution in [0.3, 0.4) is 0 Å². The molecule has 0 unspecified atom stereocenters. The summed E-state index contributed by atoms with van der Waals surface area (Å²) >= 11 is 12.7. The number of hydrogen-bond donors (Lipinski definition) is 1. The molecule has 5 nitrogen and oxygen atoms in total. The molecule has 0 saturated carbocycles. The summed E-state index contributed by atoms with van der Waals surface area (Å²) in [4.78, 5) is 16.2. The van der Waals surface area contributed by atoms with Crippen LogP contribution in [0.1, 0.15) is 10.5 Å². The average Bonchev–Trinajstić information content (AvgIpc) is 3.11. The zero-order valence-electron chi connectivity index (χ0n) is 10.5. The fourth-order valence-corrected chi connectivity index (χ4v) is 2.78. The van der Waals surface area contributed by atoms with Gasteiger partial charge in [0.05, 0.1) is 17.7 Å². The Labute approximate surface area is 134 Å². The summed E-state index contributed by atoms with van der Waals surface area (Å²) in [6.45, 7) is 0. The van der Waals surface area contributed by atoms with Gasteiger partial charge in [-0.15, -0.1) is 0 Å². The molecule has 0 bridgehead atoms. The topological polar surface area (TPSA) is 59.8 Å². The molecule has 1 amide bonds. The van der Waals surface area contributed by atoms with Crippen molar-refractivity contribution in [3.8, 4) is 5.69 Å². The van der Waals surface area contributed by atoms with Crippen LogP contribution in [-0.4, -0.2) is 19.8 Å². The molecule has 0 fully saturated rings. The molecule has 0 radical (unpaired) electrons. The van der Waals surface area contributed by atoms with Crippen molar-refractivity contribution in [1.29, 1.82) is 0 Å². The molecule has 3 rings (SSSR count). The molecule has 1 aromatic carbocycles. The van der Waals surface area contributed by atoms with Gasteiger partial charge in [0.25, 0.3) is 5.91 Å². The lowest BCUT2D eigenvalue weighted by molar-refractivity contribution is 0.102. The lowest BCUT2D eigenvalue weighted by Gasteiger charge is -2.10. The number of aromatic nitrogens is 3. The maximum Gasteiger partial charge on any atom is 0.277 e. The highest BCUT2D eigenvalue weighted by atomic mass is 35.5. The summed E-state index contributed by atoms with van der Waals surface area (Å²) in [7, 11) is 0. The van der Waals surface area contributed by atoms with Gasteiger partial charge >= 0.3 is 0 Å². The van der Waals surface area contributed by atoms with E-state index in [1.807, 2.05) is 18.2 Å². The fraction of sp³-hybridized carbons (Fsp3) is 0. The average molecular weight is 339 g/mol. The largest absolute Gasteiger partial charge is 0.319 e. The summed E-state index contributed by atoms with van der Waals surface area (Å²) in [5.41, 5.74) is 1.54. The van der Waals surface area contributed by atoms with Crippen LogP contribution in [0.25, 0.3) is 5.69 Å². The Morgan fingerprint density at radius 3 is 2.76 bits per heavy atom. The first-order valence-corrected chi connectivity index (χ1v) is 7.39. The summed E-state index contributed by atoms with van der Waals surface area (Å²) in [5, 5.41) is 2.95. The van der Waals surface area contributed by atoms with E-state index >= 15 is 0 Å². The van der Waals surface area contributed by atoms with E-state index in [-0.39, 0.29) is 10.7 Å². The molecule has 2 aromatic heterocycles. The minimum absolute atomic E-state index is 0.118. The van der Waals surface area contributed by atoms with Crippen molar-refractivity contribution < 1.29 is 4.79 Å². The number of imidazole rings is 1. The van der Waals surface area contributed by atoms with Crippen LogP contribution >= 0.6 is 34.7 Å². The number of para-hydroxylation sites is 2. The molecule has 1 N–H and O–H groups in total. The summed E-state index contributed by atoms with van der Waals surface area (Å²) < 4.78 is 6.04. The normalized spacial score (nSPS) is 10.6. The molecule has 2 heterocycles. The van der Waals surface area contributed by atoms with Crippen LogP contribution in [0.5, 0.6) is 0 Å². The quantitative estimate of drug-likeness (QED) is 0.788. The predicted molar refractivity (Wildman–Crippen MR) is 83.7 cm³/mol. The molecule has 21 heavy (non-hydrogen) atoms. The number of halogens is 2. The molecule has 0 atom stereocenters. The van der Waals surface area contributed by atoms with Gasteiger partial charge in [0, 0.05) is 12.4 Å². The summed E-state index contributed by atoms with van der Waals surface area (Å²) in [6.07, 6.45) is 5.10. The standard InChI is InChI=1S/C13H8Cl2N4OS/c14-10-11(18-21-12(10)15)13(20)17-8-3-1-2-4-9(8)19-6-5-16-7-19/h1-7H,(H,17,20). The van der Waals surface area contributed by atoms with E-state index in [2.05, 4.69) is 14.7 Å². The molecule has 0 aliphatic heterocycles. The number of carbonyl (C=O) groups excluding carboxylic acids is 1. The molecule has 0 spiro atoms. The van der Waals surface area contributed by atoms with E-state index in [0.29, 0.717) is 10.0 Å². The van der Waals surface area contributed by atoms with E-state index in [1.165, 1.54) is 0 Å². The van der Waals surface area contributed by atoms with Gasteiger partial charge < -0.3 is 9.88 Å². The number of amides is 1. The number of benzene rings is 1. The van der Waals surface area contributed by atoms with E-state index in [0.717, 1.165) is 17.2 Å². The fourth-order valence-electron chi connectivity index (χ4n) is 1.79. The Morgan fingerprint density at radius 1 is 1.29 bits per heavy atom. The SMILES string of the molecule is O=C(Nc1ccccc1-n1ccnc1)c1nsc(Cl)c1Cl. The van der Waals surface area contributed by atoms with Gasteiger partial charge in [0.1, 0.15) is 9.36 Å². The molecule has 3 aromatic rings. The molecule has 0 aliphatic carbocycles. The van der Waals surface area contributed by atoms with E-state index in [9.17, 15) is 4.79 Å². The maximum absolute atomic E-state index is 12.2. The number of nitrogens with one attached hydrogen (secondary N) is 1. The van der Waals surface area contributed by atoms with Gasteiger partial charge in [0.15, 0.2) is 5.69 Å². The van der Waals surface area contributed by atoms with Crippen molar-refractivity contribution in [2.24, 2.45) is 0 Å². The third-order valence-corrected chi connectivity index (χ3v) is 4.36. The first-order chi connectivity index (χ1) is 10.2. The second-order valence-corrected chi connectivity index (χ2v) is 5.81. The van der Waals surface area contributed by atoms with Gasteiger partial charge in [-0.1, -0.05) is 35.3 Å². The summed E-state index contributed by atoms with van der Waals surface area (Å²) in [6, 6.07) is 7.35. The van der Waals surface area contributed by atoms with Crippen LogP contribution in [0.4, 0.5) is 5.69 Å². The Morgan fingerprint density at radius 2 is 2.10 bits per heavy atom. The smallest absolute Gasteiger partial charge is 0.277 e. The molecule has 0 aliphatic rings. The molecular formula is C13H8Cl2N4OS. The lowest BCUT2D eigenvalue weighted by atomic mass is 10.2. The number of hydrogen-bond acceptors (Lipinski definition) is 4. The van der Waals surface area contributed by atoms with E-state index < -0.39 is 5.91 Å². The first-order valence-electron chi connectivity index (χ1n) is 5.86. The van der Waals surface area contributed by atoms with Gasteiger partial charge in [-0.25, -0.2) is 4.98 Å². The van der Waals surface area contributed by atoms with Crippen LogP contribution in [0.2, 0.25) is 9.36 Å². The van der Waals surface area contributed by atoms with Gasteiger partial charge in [-0.05, 0) is 23.7 Å². The monoisotopic (exact) mass is 338 g/mol. The zero-order chi connectivity index (χ0) is 14.8. The number of anilines is 1. The van der Waals surface area contributed by atoms with Crippen molar-refractivity contribution >= 4 is 46.3 Å². The van der Waals surface area contributed by atoms with Crippen LogP contribution in [-0.2, 0) is 0 Å². The minimum Gasteiger partial charge on any atom is -0.319 e. The number of nitrogens with zero attached hydrogens (tertiary/aromatic N) is 3. The number of rotatable bonds is 3. The highest BCUT2D eigenvalue weighted by molar-refractivity contribution is 7.11. The maximum atomic E-state index is 12.2. The van der Waals surface area contributed by atoms with Crippen LogP contribution in [0.15, 0.2) is 43.0 Å². The zero-order valence-corrected chi connectivity index (χ0v) is 12.8.